The van der Waals surface area contributed by atoms with Gasteiger partial charge in [0, 0.05) is 6.20 Å². The van der Waals surface area contributed by atoms with Crippen molar-refractivity contribution < 1.29 is 9.53 Å². The van der Waals surface area contributed by atoms with Gasteiger partial charge < -0.3 is 9.72 Å². The Morgan fingerprint density at radius 2 is 2.05 bits per heavy atom. The zero-order chi connectivity index (χ0) is 14.0. The van der Waals surface area contributed by atoms with Crippen LogP contribution < -0.4 is 10.9 Å². The van der Waals surface area contributed by atoms with E-state index < -0.39 is 11.4 Å². The normalized spacial score (nSPS) is 10.4. The van der Waals surface area contributed by atoms with Crippen molar-refractivity contribution in [2.45, 2.75) is 6.92 Å². The molecule has 1 aromatic heterocycles. The SMILES string of the molecule is CCOC(=O)c1c[nH]c2c(=O)c(Br)cccc2c1=O. The minimum absolute atomic E-state index is 0.115. The lowest BCUT2D eigenvalue weighted by atomic mass is 10.2. The number of carbonyl (C=O) groups excluding carboxylic acids is 1. The molecular formula is C13H10BrNO4. The first kappa shape index (κ1) is 13.5. The molecule has 2 aromatic rings. The molecule has 98 valence electrons. The predicted molar refractivity (Wildman–Crippen MR) is 74.5 cm³/mol. The van der Waals surface area contributed by atoms with Crippen LogP contribution in [0.15, 0.2) is 38.5 Å². The zero-order valence-electron chi connectivity index (χ0n) is 10.0. The number of aromatic nitrogens is 1. The van der Waals surface area contributed by atoms with E-state index in [9.17, 15) is 14.4 Å². The fourth-order valence-corrected chi connectivity index (χ4v) is 2.03. The molecule has 5 nitrogen and oxygen atoms in total. The van der Waals surface area contributed by atoms with Gasteiger partial charge in [-0.2, -0.15) is 0 Å². The molecule has 0 aliphatic carbocycles. The van der Waals surface area contributed by atoms with Crippen molar-refractivity contribution in [3.05, 3.63) is 54.9 Å². The van der Waals surface area contributed by atoms with Crippen LogP contribution in [0.2, 0.25) is 0 Å². The van der Waals surface area contributed by atoms with Gasteiger partial charge in [0.2, 0.25) is 10.9 Å². The summed E-state index contributed by atoms with van der Waals surface area (Å²) in [4.78, 5) is 38.4. The summed E-state index contributed by atoms with van der Waals surface area (Å²) < 4.78 is 5.12. The Morgan fingerprint density at radius 3 is 2.74 bits per heavy atom. The Bertz CT molecular complexity index is 767. The van der Waals surface area contributed by atoms with Gasteiger partial charge in [0.1, 0.15) is 5.56 Å². The number of fused-ring (bicyclic) bond motifs is 1. The quantitative estimate of drug-likeness (QED) is 0.855. The molecular weight excluding hydrogens is 314 g/mol. The van der Waals surface area contributed by atoms with Gasteiger partial charge in [0.15, 0.2) is 0 Å². The number of hydrogen-bond acceptors (Lipinski definition) is 4. The Kier molecular flexibility index (Phi) is 3.80. The first-order valence-electron chi connectivity index (χ1n) is 5.57. The maximum Gasteiger partial charge on any atom is 0.343 e. The van der Waals surface area contributed by atoms with Crippen LogP contribution in [0.4, 0.5) is 0 Å². The van der Waals surface area contributed by atoms with Crippen molar-refractivity contribution in [1.29, 1.82) is 0 Å². The molecule has 0 radical (unpaired) electrons. The van der Waals surface area contributed by atoms with E-state index in [1.165, 1.54) is 12.3 Å². The van der Waals surface area contributed by atoms with Crippen LogP contribution in [-0.2, 0) is 4.74 Å². The molecule has 6 heteroatoms. The van der Waals surface area contributed by atoms with Crippen LogP contribution >= 0.6 is 15.9 Å². The van der Waals surface area contributed by atoms with Crippen LogP contribution in [0.5, 0.6) is 0 Å². The van der Waals surface area contributed by atoms with Gasteiger partial charge in [-0.15, -0.1) is 0 Å². The molecule has 0 atom stereocenters. The number of carbonyl (C=O) groups is 1. The number of halogens is 1. The lowest BCUT2D eigenvalue weighted by Crippen LogP contribution is -2.19. The summed E-state index contributed by atoms with van der Waals surface area (Å²) in [7, 11) is 0. The van der Waals surface area contributed by atoms with Gasteiger partial charge in [0.25, 0.3) is 0 Å². The molecule has 0 spiro atoms. The highest BCUT2D eigenvalue weighted by molar-refractivity contribution is 9.10. The van der Waals surface area contributed by atoms with E-state index >= 15 is 0 Å². The highest BCUT2D eigenvalue weighted by Gasteiger charge is 2.14. The van der Waals surface area contributed by atoms with Gasteiger partial charge in [-0.3, -0.25) is 9.59 Å². The third-order valence-electron chi connectivity index (χ3n) is 2.56. The number of nitrogens with one attached hydrogen (secondary N) is 1. The molecule has 19 heavy (non-hydrogen) atoms. The molecule has 1 aromatic carbocycles. The maximum atomic E-state index is 12.2. The highest BCUT2D eigenvalue weighted by Crippen LogP contribution is 2.08. The number of hydrogen-bond donors (Lipinski definition) is 1. The number of ether oxygens (including phenoxy) is 1. The first-order chi connectivity index (χ1) is 9.06. The number of aromatic amines is 1. The average Bonchev–Trinajstić information content (AvgIpc) is 2.52. The van der Waals surface area contributed by atoms with Gasteiger partial charge >= 0.3 is 5.97 Å². The topological polar surface area (TPSA) is 76.2 Å². The predicted octanol–water partition coefficient (Wildman–Crippen LogP) is 1.83. The van der Waals surface area contributed by atoms with Gasteiger partial charge in [-0.25, -0.2) is 4.79 Å². The van der Waals surface area contributed by atoms with E-state index in [1.54, 1.807) is 19.1 Å². The highest BCUT2D eigenvalue weighted by atomic mass is 79.9. The summed E-state index contributed by atoms with van der Waals surface area (Å²) >= 11 is 3.12. The van der Waals surface area contributed by atoms with Crippen LogP contribution in [0, 0.1) is 0 Å². The lowest BCUT2D eigenvalue weighted by molar-refractivity contribution is 0.0524. The van der Waals surface area contributed by atoms with E-state index in [1.807, 2.05) is 0 Å². The lowest BCUT2D eigenvalue weighted by Gasteiger charge is -2.01. The van der Waals surface area contributed by atoms with Crippen molar-refractivity contribution in [2.75, 3.05) is 6.61 Å². The molecule has 0 saturated heterocycles. The Hall–Kier alpha value is -1.95. The van der Waals surface area contributed by atoms with Crippen LogP contribution in [-0.4, -0.2) is 17.6 Å². The Labute approximate surface area is 116 Å². The van der Waals surface area contributed by atoms with Crippen LogP contribution in [0.3, 0.4) is 0 Å². The minimum Gasteiger partial charge on any atom is -0.462 e. The van der Waals surface area contributed by atoms with Crippen LogP contribution in [0.25, 0.3) is 10.9 Å². The Morgan fingerprint density at radius 1 is 1.32 bits per heavy atom. The summed E-state index contributed by atoms with van der Waals surface area (Å²) in [5.74, 6) is -0.705. The maximum absolute atomic E-state index is 12.2. The van der Waals surface area contributed by atoms with Gasteiger partial charge in [-0.05, 0) is 35.0 Å². The number of rotatable bonds is 2. The molecule has 0 bridgehead atoms. The van der Waals surface area contributed by atoms with Gasteiger partial charge in [-0.1, -0.05) is 6.07 Å². The molecule has 0 unspecified atom stereocenters. The van der Waals surface area contributed by atoms with Crippen molar-refractivity contribution in [2.24, 2.45) is 0 Å². The minimum atomic E-state index is -0.705. The summed E-state index contributed by atoms with van der Waals surface area (Å²) in [6, 6.07) is 4.60. The molecule has 1 heterocycles. The van der Waals surface area contributed by atoms with Crippen molar-refractivity contribution in [1.82, 2.24) is 4.98 Å². The molecule has 0 fully saturated rings. The zero-order valence-corrected chi connectivity index (χ0v) is 11.6. The van der Waals surface area contributed by atoms with Crippen molar-refractivity contribution in [3.8, 4) is 0 Å². The summed E-state index contributed by atoms with van der Waals surface area (Å²) in [6.07, 6.45) is 1.20. The van der Waals surface area contributed by atoms with Crippen molar-refractivity contribution in [3.63, 3.8) is 0 Å². The molecule has 2 rings (SSSR count). The van der Waals surface area contributed by atoms with E-state index in [0.717, 1.165) is 0 Å². The number of H-pyrrole nitrogens is 1. The largest absolute Gasteiger partial charge is 0.462 e. The summed E-state index contributed by atoms with van der Waals surface area (Å²) in [6.45, 7) is 1.83. The fourth-order valence-electron chi connectivity index (χ4n) is 1.68. The second-order valence-corrected chi connectivity index (χ2v) is 4.60. The van der Waals surface area contributed by atoms with Gasteiger partial charge in [0.05, 0.1) is 22.0 Å². The molecule has 0 aliphatic heterocycles. The Balaban J connectivity index is 2.82. The smallest absolute Gasteiger partial charge is 0.343 e. The van der Waals surface area contributed by atoms with E-state index in [4.69, 9.17) is 4.74 Å². The standard InChI is InChI=1S/C13H10BrNO4/c1-2-19-13(18)8-6-15-10-7(11(8)16)4-3-5-9(14)12(10)17/h3-6H,2H2,1H3,(H,15,16). The number of esters is 1. The molecule has 0 amide bonds. The number of pyridine rings is 1. The van der Waals surface area contributed by atoms with Crippen molar-refractivity contribution >= 4 is 32.8 Å². The molecule has 0 aliphatic rings. The monoisotopic (exact) mass is 323 g/mol. The van der Waals surface area contributed by atoms with Crippen LogP contribution in [0.1, 0.15) is 17.3 Å². The van der Waals surface area contributed by atoms with E-state index in [-0.39, 0.29) is 28.5 Å². The average molecular weight is 324 g/mol. The second-order valence-electron chi connectivity index (χ2n) is 3.74. The summed E-state index contributed by atoms with van der Waals surface area (Å²) in [5.41, 5.74) is -0.828. The fraction of sp³-hybridized carbons (Fsp3) is 0.154. The molecule has 1 N–H and O–H groups in total. The third-order valence-corrected chi connectivity index (χ3v) is 3.19. The molecule has 0 saturated carbocycles. The summed E-state index contributed by atoms with van der Waals surface area (Å²) in [5, 5.41) is 0.154. The third kappa shape index (κ3) is 2.44. The van der Waals surface area contributed by atoms with E-state index in [2.05, 4.69) is 20.9 Å². The first-order valence-corrected chi connectivity index (χ1v) is 6.37. The van der Waals surface area contributed by atoms with E-state index in [0.29, 0.717) is 4.47 Å². The second kappa shape index (κ2) is 5.36.